The van der Waals surface area contributed by atoms with Gasteiger partial charge in [0, 0.05) is 6.54 Å². The zero-order chi connectivity index (χ0) is 19.5. The van der Waals surface area contributed by atoms with Crippen LogP contribution in [0.1, 0.15) is 60.3 Å². The van der Waals surface area contributed by atoms with Crippen LogP contribution >= 0.6 is 0 Å². The average molecular weight is 373 g/mol. The van der Waals surface area contributed by atoms with Gasteiger partial charge in [-0.25, -0.2) is 0 Å². The molecule has 150 valence electrons. The number of hydrogen-bond donors (Lipinski definition) is 0. The summed E-state index contributed by atoms with van der Waals surface area (Å²) in [7, 11) is -0.338. The first-order valence-corrected chi connectivity index (χ1v) is 10.6. The van der Waals surface area contributed by atoms with E-state index < -0.39 is 0 Å². The first-order chi connectivity index (χ1) is 12.8. The first kappa shape index (κ1) is 20.7. The summed E-state index contributed by atoms with van der Waals surface area (Å²) >= 11 is 0. The maximum Gasteiger partial charge on any atom is 0.494 e. The molecule has 5 heteroatoms. The van der Waals surface area contributed by atoms with Crippen molar-refractivity contribution in [2.24, 2.45) is 5.92 Å². The monoisotopic (exact) mass is 373 g/mol. The second-order valence-corrected chi connectivity index (χ2v) is 9.06. The lowest BCUT2D eigenvalue weighted by Crippen LogP contribution is -2.41. The van der Waals surface area contributed by atoms with Gasteiger partial charge < -0.3 is 14.0 Å². The van der Waals surface area contributed by atoms with Gasteiger partial charge in [-0.2, -0.15) is 0 Å². The second-order valence-electron chi connectivity index (χ2n) is 9.06. The Labute approximate surface area is 165 Å². The third-order valence-electron chi connectivity index (χ3n) is 6.58. The van der Waals surface area contributed by atoms with Crippen LogP contribution in [0.3, 0.4) is 0 Å². The Kier molecular flexibility index (Phi) is 6.55. The third kappa shape index (κ3) is 5.07. The quantitative estimate of drug-likeness (QED) is 0.709. The summed E-state index contributed by atoms with van der Waals surface area (Å²) in [5, 5.41) is 0. The van der Waals surface area contributed by atoms with Crippen molar-refractivity contribution in [3.63, 3.8) is 0 Å². The van der Waals surface area contributed by atoms with Gasteiger partial charge >= 0.3 is 7.12 Å². The van der Waals surface area contributed by atoms with Crippen LogP contribution in [0.25, 0.3) is 0 Å². The number of rotatable bonds is 6. The smallest absolute Gasteiger partial charge is 0.492 e. The van der Waals surface area contributed by atoms with E-state index in [-0.39, 0.29) is 18.3 Å². The number of ether oxygens (including phenoxy) is 1. The molecule has 0 amide bonds. The molecule has 1 unspecified atom stereocenters. The SMILES string of the molecule is CCC1CCCN(CCOc2cccc(B3OC(C)(C)C(C)(C)O3)c2)CC1. The van der Waals surface area contributed by atoms with E-state index in [1.807, 2.05) is 12.1 Å². The lowest BCUT2D eigenvalue weighted by molar-refractivity contribution is 0.00578. The highest BCUT2D eigenvalue weighted by molar-refractivity contribution is 6.62. The summed E-state index contributed by atoms with van der Waals surface area (Å²) < 4.78 is 18.4. The third-order valence-corrected chi connectivity index (χ3v) is 6.58. The van der Waals surface area contributed by atoms with E-state index in [1.165, 1.54) is 38.8 Å². The fraction of sp³-hybridized carbons (Fsp3) is 0.727. The molecule has 0 radical (unpaired) electrons. The standard InChI is InChI=1S/C22H36BNO3/c1-6-18-9-8-13-24(14-12-18)15-16-25-20-11-7-10-19(17-20)23-26-21(2,3)22(4,5)27-23/h7,10-11,17-18H,6,8-9,12-16H2,1-5H3. The highest BCUT2D eigenvalue weighted by Gasteiger charge is 2.51. The Morgan fingerprint density at radius 1 is 1.11 bits per heavy atom. The number of hydrogen-bond acceptors (Lipinski definition) is 4. The first-order valence-electron chi connectivity index (χ1n) is 10.6. The Hall–Kier alpha value is -1.04. The van der Waals surface area contributed by atoms with Crippen LogP contribution in [0.2, 0.25) is 0 Å². The molecular weight excluding hydrogens is 337 g/mol. The Morgan fingerprint density at radius 2 is 1.85 bits per heavy atom. The van der Waals surface area contributed by atoms with Gasteiger partial charge in [-0.15, -0.1) is 0 Å². The summed E-state index contributed by atoms with van der Waals surface area (Å²) in [6.07, 6.45) is 5.34. The van der Waals surface area contributed by atoms with E-state index in [4.69, 9.17) is 14.0 Å². The van der Waals surface area contributed by atoms with Crippen molar-refractivity contribution in [1.29, 1.82) is 0 Å². The molecule has 2 aliphatic heterocycles. The van der Waals surface area contributed by atoms with Crippen molar-refractivity contribution in [2.75, 3.05) is 26.2 Å². The Bertz CT molecular complexity index is 603. The van der Waals surface area contributed by atoms with Crippen LogP contribution in [-0.2, 0) is 9.31 Å². The maximum absolute atomic E-state index is 6.15. The fourth-order valence-electron chi connectivity index (χ4n) is 3.88. The summed E-state index contributed by atoms with van der Waals surface area (Å²) in [5.74, 6) is 1.80. The maximum atomic E-state index is 6.15. The van der Waals surface area contributed by atoms with Crippen molar-refractivity contribution >= 4 is 12.6 Å². The van der Waals surface area contributed by atoms with Crippen molar-refractivity contribution in [3.05, 3.63) is 24.3 Å². The molecule has 1 atom stereocenters. The normalized spacial score (nSPS) is 25.4. The van der Waals surface area contributed by atoms with Crippen molar-refractivity contribution in [2.45, 2.75) is 71.5 Å². The molecule has 0 bridgehead atoms. The molecule has 2 fully saturated rings. The minimum Gasteiger partial charge on any atom is -0.492 e. The molecule has 27 heavy (non-hydrogen) atoms. The van der Waals surface area contributed by atoms with Gasteiger partial charge in [-0.3, -0.25) is 4.90 Å². The van der Waals surface area contributed by atoms with Crippen molar-refractivity contribution < 1.29 is 14.0 Å². The summed E-state index contributed by atoms with van der Waals surface area (Å²) in [5.41, 5.74) is 0.377. The van der Waals surface area contributed by atoms with Gasteiger partial charge in [-0.05, 0) is 83.6 Å². The molecule has 0 saturated carbocycles. The van der Waals surface area contributed by atoms with E-state index >= 15 is 0 Å². The van der Waals surface area contributed by atoms with Gasteiger partial charge in [0.2, 0.25) is 0 Å². The van der Waals surface area contributed by atoms with E-state index in [0.717, 1.165) is 30.3 Å². The summed E-state index contributed by atoms with van der Waals surface area (Å²) in [6.45, 7) is 14.8. The molecule has 2 saturated heterocycles. The fourth-order valence-corrected chi connectivity index (χ4v) is 3.88. The molecule has 0 spiro atoms. The zero-order valence-corrected chi connectivity index (χ0v) is 17.8. The molecule has 2 aliphatic rings. The zero-order valence-electron chi connectivity index (χ0n) is 17.8. The largest absolute Gasteiger partial charge is 0.494 e. The minimum atomic E-state index is -0.338. The summed E-state index contributed by atoms with van der Waals surface area (Å²) in [6, 6.07) is 8.14. The highest BCUT2D eigenvalue weighted by Crippen LogP contribution is 2.36. The summed E-state index contributed by atoms with van der Waals surface area (Å²) in [4.78, 5) is 2.55. The van der Waals surface area contributed by atoms with Gasteiger partial charge in [0.15, 0.2) is 0 Å². The topological polar surface area (TPSA) is 30.9 Å². The van der Waals surface area contributed by atoms with E-state index in [2.05, 4.69) is 51.7 Å². The van der Waals surface area contributed by atoms with Gasteiger partial charge in [0.05, 0.1) is 11.2 Å². The van der Waals surface area contributed by atoms with Gasteiger partial charge in [-0.1, -0.05) is 25.5 Å². The highest BCUT2D eigenvalue weighted by atomic mass is 16.7. The average Bonchev–Trinajstić information content (AvgIpc) is 2.78. The van der Waals surface area contributed by atoms with Gasteiger partial charge in [0.25, 0.3) is 0 Å². The molecule has 1 aromatic carbocycles. The van der Waals surface area contributed by atoms with E-state index in [0.29, 0.717) is 0 Å². The molecule has 0 aromatic heterocycles. The number of nitrogens with zero attached hydrogens (tertiary/aromatic N) is 1. The van der Waals surface area contributed by atoms with Gasteiger partial charge in [0.1, 0.15) is 12.4 Å². The molecule has 0 N–H and O–H groups in total. The number of likely N-dealkylation sites (tertiary alicyclic amines) is 1. The molecule has 4 nitrogen and oxygen atoms in total. The van der Waals surface area contributed by atoms with Crippen LogP contribution in [0.4, 0.5) is 0 Å². The van der Waals surface area contributed by atoms with Crippen LogP contribution in [-0.4, -0.2) is 49.5 Å². The lowest BCUT2D eigenvalue weighted by atomic mass is 9.79. The van der Waals surface area contributed by atoms with E-state index in [1.54, 1.807) is 0 Å². The minimum absolute atomic E-state index is 0.322. The van der Waals surface area contributed by atoms with Crippen LogP contribution in [0, 0.1) is 5.92 Å². The predicted molar refractivity (Wildman–Crippen MR) is 112 cm³/mol. The van der Waals surface area contributed by atoms with E-state index in [9.17, 15) is 0 Å². The lowest BCUT2D eigenvalue weighted by Gasteiger charge is -2.32. The predicted octanol–water partition coefficient (Wildman–Crippen LogP) is 3.88. The Balaban J connectivity index is 1.51. The molecule has 2 heterocycles. The van der Waals surface area contributed by atoms with Crippen LogP contribution in [0.5, 0.6) is 5.75 Å². The molecule has 1 aromatic rings. The molecule has 0 aliphatic carbocycles. The second kappa shape index (κ2) is 8.54. The van der Waals surface area contributed by atoms with Crippen LogP contribution < -0.4 is 10.2 Å². The number of benzene rings is 1. The Morgan fingerprint density at radius 3 is 2.56 bits per heavy atom. The molecular formula is C22H36BNO3. The van der Waals surface area contributed by atoms with Crippen molar-refractivity contribution in [1.82, 2.24) is 4.90 Å². The van der Waals surface area contributed by atoms with Crippen LogP contribution in [0.15, 0.2) is 24.3 Å². The van der Waals surface area contributed by atoms with Crippen molar-refractivity contribution in [3.8, 4) is 5.75 Å². The molecule has 3 rings (SSSR count).